The lowest BCUT2D eigenvalue weighted by molar-refractivity contribution is 0.131. The molecular weight excluding hydrogens is 358 g/mol. The third kappa shape index (κ3) is 3.38. The van der Waals surface area contributed by atoms with E-state index in [1.807, 2.05) is 19.1 Å². The maximum atomic E-state index is 5.46. The largest absolute Gasteiger partial charge is 0.497 e. The Kier molecular flexibility index (Phi) is 4.76. The Morgan fingerprint density at radius 2 is 1.89 bits per heavy atom. The van der Waals surface area contributed by atoms with E-state index in [0.717, 1.165) is 54.4 Å². The predicted molar refractivity (Wildman–Crippen MR) is 110 cm³/mol. The highest BCUT2D eigenvalue weighted by Crippen LogP contribution is 2.37. The van der Waals surface area contributed by atoms with E-state index in [2.05, 4.69) is 31.0 Å². The van der Waals surface area contributed by atoms with Gasteiger partial charge in [0.05, 0.1) is 46.9 Å². The molecule has 6 heteroatoms. The van der Waals surface area contributed by atoms with E-state index in [1.165, 1.54) is 0 Å². The molecule has 0 aliphatic heterocycles. The van der Waals surface area contributed by atoms with Crippen LogP contribution in [0.1, 0.15) is 23.7 Å². The first-order valence-electron chi connectivity index (χ1n) is 8.88. The lowest BCUT2D eigenvalue weighted by atomic mass is 10.1. The summed E-state index contributed by atoms with van der Waals surface area (Å²) in [5.41, 5.74) is 6.83. The highest BCUT2D eigenvalue weighted by atomic mass is 32.1. The normalized spacial score (nSPS) is 11.4. The third-order valence-electron chi connectivity index (χ3n) is 4.42. The van der Waals surface area contributed by atoms with Crippen LogP contribution in [0.5, 0.6) is 5.75 Å². The first-order chi connectivity index (χ1) is 13.1. The molecule has 0 saturated heterocycles. The van der Waals surface area contributed by atoms with Crippen LogP contribution in [0.2, 0.25) is 0 Å². The van der Waals surface area contributed by atoms with Crippen LogP contribution in [0.15, 0.2) is 30.5 Å². The molecule has 0 bridgehead atoms. The van der Waals surface area contributed by atoms with Gasteiger partial charge in [0.2, 0.25) is 0 Å². The zero-order valence-electron chi connectivity index (χ0n) is 15.9. The maximum absolute atomic E-state index is 5.46. The van der Waals surface area contributed by atoms with Crippen molar-refractivity contribution in [1.29, 1.82) is 0 Å². The summed E-state index contributed by atoms with van der Waals surface area (Å²) in [6.07, 6.45) is 1.79. The number of aryl methyl sites for hydroxylation is 2. The zero-order chi connectivity index (χ0) is 19.0. The minimum Gasteiger partial charge on any atom is -0.497 e. The van der Waals surface area contributed by atoms with Crippen LogP contribution in [-0.4, -0.2) is 28.7 Å². The predicted octanol–water partition coefficient (Wildman–Crippen LogP) is 5.07. The van der Waals surface area contributed by atoms with Crippen molar-refractivity contribution >= 4 is 32.6 Å². The van der Waals surface area contributed by atoms with Crippen molar-refractivity contribution < 1.29 is 9.47 Å². The van der Waals surface area contributed by atoms with Gasteiger partial charge in [-0.15, -0.1) is 11.3 Å². The smallest absolute Gasteiger partial charge is 0.126 e. The summed E-state index contributed by atoms with van der Waals surface area (Å²) in [5, 5.41) is 0.946. The lowest BCUT2D eigenvalue weighted by Crippen LogP contribution is -1.98. The highest BCUT2D eigenvalue weighted by Gasteiger charge is 2.15. The summed E-state index contributed by atoms with van der Waals surface area (Å²) in [7, 11) is 1.69. The number of nitrogens with zero attached hydrogens (tertiary/aromatic N) is 3. The quantitative estimate of drug-likeness (QED) is 0.485. The summed E-state index contributed by atoms with van der Waals surface area (Å²) in [4.78, 5) is 14.3. The molecule has 2 heterocycles. The van der Waals surface area contributed by atoms with Crippen molar-refractivity contribution in [2.75, 3.05) is 13.7 Å². The Hall–Kier alpha value is -2.57. The van der Waals surface area contributed by atoms with Crippen molar-refractivity contribution in [2.24, 2.45) is 0 Å². The fourth-order valence-corrected chi connectivity index (χ4v) is 4.23. The van der Waals surface area contributed by atoms with Gasteiger partial charge in [-0.2, -0.15) is 0 Å². The van der Waals surface area contributed by atoms with Gasteiger partial charge in [-0.3, -0.25) is 4.98 Å². The fourth-order valence-electron chi connectivity index (χ4n) is 3.14. The Balaban J connectivity index is 1.88. The molecule has 0 spiro atoms. The number of ether oxygens (including phenoxy) is 2. The second-order valence-electron chi connectivity index (χ2n) is 6.49. The van der Waals surface area contributed by atoms with Crippen LogP contribution in [0.4, 0.5) is 0 Å². The molecule has 0 atom stereocenters. The standard InChI is InChI=1S/C21H21N3O2S/c1-5-26-11-14-10-22-20-16(6-12(2)7-17(20)23-14)21-24-19-13(3)8-15(25-4)9-18(19)27-21/h6-10H,5,11H2,1-4H3. The first kappa shape index (κ1) is 17.8. The summed E-state index contributed by atoms with van der Waals surface area (Å²) >= 11 is 1.65. The fraction of sp³-hybridized carbons (Fsp3) is 0.286. The van der Waals surface area contributed by atoms with E-state index in [-0.39, 0.29) is 0 Å². The van der Waals surface area contributed by atoms with Crippen LogP contribution < -0.4 is 4.74 Å². The van der Waals surface area contributed by atoms with E-state index >= 15 is 0 Å². The first-order valence-corrected chi connectivity index (χ1v) is 9.70. The monoisotopic (exact) mass is 379 g/mol. The molecule has 0 aliphatic carbocycles. The van der Waals surface area contributed by atoms with Gasteiger partial charge in [-0.1, -0.05) is 0 Å². The average molecular weight is 379 g/mol. The number of aromatic nitrogens is 3. The third-order valence-corrected chi connectivity index (χ3v) is 5.46. The molecule has 2 aromatic carbocycles. The van der Waals surface area contributed by atoms with E-state index in [1.54, 1.807) is 24.6 Å². The van der Waals surface area contributed by atoms with Crippen molar-refractivity contribution in [2.45, 2.75) is 27.4 Å². The molecule has 0 amide bonds. The Bertz CT molecular complexity index is 1140. The summed E-state index contributed by atoms with van der Waals surface area (Å²) < 4.78 is 12.0. The Morgan fingerprint density at radius 3 is 2.67 bits per heavy atom. The zero-order valence-corrected chi connectivity index (χ0v) is 16.7. The summed E-state index contributed by atoms with van der Waals surface area (Å²) in [6.45, 7) is 7.24. The molecule has 0 saturated carbocycles. The average Bonchev–Trinajstić information content (AvgIpc) is 3.09. The second-order valence-corrected chi connectivity index (χ2v) is 7.52. The van der Waals surface area contributed by atoms with Crippen LogP contribution in [0.3, 0.4) is 0 Å². The topological polar surface area (TPSA) is 57.1 Å². The molecule has 4 rings (SSSR count). The number of thiazole rings is 1. The minimum atomic E-state index is 0.475. The Labute approximate surface area is 162 Å². The number of methoxy groups -OCH3 is 1. The van der Waals surface area contributed by atoms with Gasteiger partial charge in [0.15, 0.2) is 0 Å². The van der Waals surface area contributed by atoms with Crippen LogP contribution in [-0.2, 0) is 11.3 Å². The molecule has 4 aromatic rings. The molecule has 0 fully saturated rings. The van der Waals surface area contributed by atoms with Crippen LogP contribution in [0.25, 0.3) is 31.8 Å². The van der Waals surface area contributed by atoms with Crippen molar-refractivity contribution in [1.82, 2.24) is 15.0 Å². The number of fused-ring (bicyclic) bond motifs is 2. The second kappa shape index (κ2) is 7.21. The van der Waals surface area contributed by atoms with Gasteiger partial charge >= 0.3 is 0 Å². The van der Waals surface area contributed by atoms with Gasteiger partial charge in [0, 0.05) is 12.2 Å². The highest BCUT2D eigenvalue weighted by molar-refractivity contribution is 7.21. The molecule has 5 nitrogen and oxygen atoms in total. The maximum Gasteiger partial charge on any atom is 0.126 e. The van der Waals surface area contributed by atoms with E-state index in [0.29, 0.717) is 13.2 Å². The molecule has 0 N–H and O–H groups in total. The van der Waals surface area contributed by atoms with E-state index in [9.17, 15) is 0 Å². The van der Waals surface area contributed by atoms with Crippen LogP contribution in [0, 0.1) is 13.8 Å². The lowest BCUT2D eigenvalue weighted by Gasteiger charge is -2.07. The molecule has 2 aromatic heterocycles. The van der Waals surface area contributed by atoms with E-state index in [4.69, 9.17) is 19.4 Å². The number of hydrogen-bond donors (Lipinski definition) is 0. The van der Waals surface area contributed by atoms with Crippen molar-refractivity contribution in [3.05, 3.63) is 47.3 Å². The number of hydrogen-bond acceptors (Lipinski definition) is 6. The van der Waals surface area contributed by atoms with Crippen LogP contribution >= 0.6 is 11.3 Å². The molecule has 27 heavy (non-hydrogen) atoms. The van der Waals surface area contributed by atoms with Gasteiger partial charge < -0.3 is 9.47 Å². The molecule has 0 aliphatic rings. The van der Waals surface area contributed by atoms with Gasteiger partial charge in [-0.05, 0) is 56.2 Å². The molecular formula is C21H21N3O2S. The molecule has 0 radical (unpaired) electrons. The number of rotatable bonds is 5. The minimum absolute atomic E-state index is 0.475. The molecule has 138 valence electrons. The molecule has 0 unspecified atom stereocenters. The van der Waals surface area contributed by atoms with Gasteiger partial charge in [0.25, 0.3) is 0 Å². The van der Waals surface area contributed by atoms with Gasteiger partial charge in [-0.25, -0.2) is 9.97 Å². The summed E-state index contributed by atoms with van der Waals surface area (Å²) in [6, 6.07) is 8.24. The van der Waals surface area contributed by atoms with Crippen molar-refractivity contribution in [3.8, 4) is 16.3 Å². The number of benzene rings is 2. The van der Waals surface area contributed by atoms with Crippen molar-refractivity contribution in [3.63, 3.8) is 0 Å². The van der Waals surface area contributed by atoms with E-state index < -0.39 is 0 Å². The van der Waals surface area contributed by atoms with Gasteiger partial charge in [0.1, 0.15) is 10.8 Å². The summed E-state index contributed by atoms with van der Waals surface area (Å²) in [5.74, 6) is 0.852. The Morgan fingerprint density at radius 1 is 1.04 bits per heavy atom. The SMILES string of the molecule is CCOCc1cnc2c(-c3nc4c(C)cc(OC)cc4s3)cc(C)cc2n1.